The first-order valence-corrected chi connectivity index (χ1v) is 6.64. The van der Waals surface area contributed by atoms with Crippen LogP contribution in [0.1, 0.15) is 43.7 Å². The summed E-state index contributed by atoms with van der Waals surface area (Å²) >= 11 is 0. The zero-order valence-corrected chi connectivity index (χ0v) is 11.1. The molecule has 0 saturated carbocycles. The molecule has 2 unspecified atom stereocenters. The number of ether oxygens (including phenoxy) is 1. The quantitative estimate of drug-likeness (QED) is 0.866. The summed E-state index contributed by atoms with van der Waals surface area (Å²) in [6.45, 7) is 5.54. The molecule has 2 heteroatoms. The van der Waals surface area contributed by atoms with Crippen LogP contribution < -0.4 is 10.1 Å². The number of aryl methyl sites for hydroxylation is 1. The van der Waals surface area contributed by atoms with Crippen LogP contribution in [-0.4, -0.2) is 19.7 Å². The summed E-state index contributed by atoms with van der Waals surface area (Å²) in [4.78, 5) is 0. The average molecular weight is 233 g/mol. The second kappa shape index (κ2) is 5.54. The van der Waals surface area contributed by atoms with Crippen molar-refractivity contribution >= 4 is 0 Å². The van der Waals surface area contributed by atoms with Crippen molar-refractivity contribution in [2.24, 2.45) is 0 Å². The van der Waals surface area contributed by atoms with E-state index in [0.29, 0.717) is 12.0 Å². The van der Waals surface area contributed by atoms with Gasteiger partial charge in [0.1, 0.15) is 5.75 Å². The first-order valence-electron chi connectivity index (χ1n) is 6.64. The van der Waals surface area contributed by atoms with Crippen molar-refractivity contribution in [2.45, 2.75) is 45.1 Å². The van der Waals surface area contributed by atoms with Gasteiger partial charge in [-0.2, -0.15) is 0 Å². The number of hydrogen-bond donors (Lipinski definition) is 1. The van der Waals surface area contributed by atoms with E-state index >= 15 is 0 Å². The van der Waals surface area contributed by atoms with Gasteiger partial charge in [0.15, 0.2) is 0 Å². The molecule has 1 heterocycles. The number of rotatable bonds is 3. The molecule has 2 nitrogen and oxygen atoms in total. The van der Waals surface area contributed by atoms with Crippen LogP contribution in [0.15, 0.2) is 18.2 Å². The molecule has 0 aromatic heterocycles. The summed E-state index contributed by atoms with van der Waals surface area (Å²) in [7, 11) is 1.77. The van der Waals surface area contributed by atoms with Gasteiger partial charge in [-0.3, -0.25) is 0 Å². The van der Waals surface area contributed by atoms with Crippen LogP contribution in [0.4, 0.5) is 0 Å². The molecule has 17 heavy (non-hydrogen) atoms. The van der Waals surface area contributed by atoms with Crippen LogP contribution in [0.5, 0.6) is 5.75 Å². The minimum Gasteiger partial charge on any atom is -0.496 e. The Labute approximate surface area is 104 Å². The van der Waals surface area contributed by atoms with E-state index in [1.165, 1.54) is 24.0 Å². The summed E-state index contributed by atoms with van der Waals surface area (Å²) < 4.78 is 5.50. The first-order chi connectivity index (χ1) is 8.24. The van der Waals surface area contributed by atoms with Gasteiger partial charge in [-0.05, 0) is 43.4 Å². The smallest absolute Gasteiger partial charge is 0.122 e. The molecular weight excluding hydrogens is 210 g/mol. The van der Waals surface area contributed by atoms with Gasteiger partial charge in [-0.25, -0.2) is 0 Å². The second-order valence-corrected chi connectivity index (χ2v) is 5.01. The lowest BCUT2D eigenvalue weighted by molar-refractivity contribution is 0.364. The fourth-order valence-corrected chi connectivity index (χ4v) is 2.59. The van der Waals surface area contributed by atoms with Crippen LogP contribution in [0.3, 0.4) is 0 Å². The van der Waals surface area contributed by atoms with Crippen molar-refractivity contribution < 1.29 is 4.74 Å². The monoisotopic (exact) mass is 233 g/mol. The highest BCUT2D eigenvalue weighted by Gasteiger charge is 2.21. The maximum atomic E-state index is 5.50. The summed E-state index contributed by atoms with van der Waals surface area (Å²) in [5.41, 5.74) is 2.78. The molecule has 1 saturated heterocycles. The van der Waals surface area contributed by atoms with Crippen LogP contribution in [0.2, 0.25) is 0 Å². The number of benzene rings is 1. The highest BCUT2D eigenvalue weighted by molar-refractivity contribution is 5.40. The van der Waals surface area contributed by atoms with E-state index in [2.05, 4.69) is 37.4 Å². The highest BCUT2D eigenvalue weighted by atomic mass is 16.5. The predicted molar refractivity (Wildman–Crippen MR) is 71.8 cm³/mol. The van der Waals surface area contributed by atoms with Gasteiger partial charge in [-0.15, -0.1) is 0 Å². The molecule has 1 aromatic carbocycles. The van der Waals surface area contributed by atoms with Crippen molar-refractivity contribution in [3.63, 3.8) is 0 Å². The van der Waals surface area contributed by atoms with Crippen molar-refractivity contribution in [3.05, 3.63) is 29.3 Å². The topological polar surface area (TPSA) is 21.3 Å². The second-order valence-electron chi connectivity index (χ2n) is 5.01. The Hall–Kier alpha value is -1.02. The molecule has 0 bridgehead atoms. The molecular formula is C15H23NO. The number of methoxy groups -OCH3 is 1. The van der Waals surface area contributed by atoms with Gasteiger partial charge in [0.25, 0.3) is 0 Å². The largest absolute Gasteiger partial charge is 0.496 e. The lowest BCUT2D eigenvalue weighted by Gasteiger charge is -2.29. The number of hydrogen-bond acceptors (Lipinski definition) is 2. The molecule has 0 radical (unpaired) electrons. The Morgan fingerprint density at radius 1 is 1.35 bits per heavy atom. The predicted octanol–water partition coefficient (Wildman–Crippen LogP) is 3.11. The lowest BCUT2D eigenvalue weighted by Crippen LogP contribution is -2.35. The van der Waals surface area contributed by atoms with Crippen molar-refractivity contribution in [3.8, 4) is 5.75 Å². The number of piperidine rings is 1. The van der Waals surface area contributed by atoms with E-state index in [-0.39, 0.29) is 0 Å². The Morgan fingerprint density at radius 3 is 2.76 bits per heavy atom. The fourth-order valence-electron chi connectivity index (χ4n) is 2.59. The van der Waals surface area contributed by atoms with Gasteiger partial charge >= 0.3 is 0 Å². The molecule has 94 valence electrons. The third-order valence-corrected chi connectivity index (χ3v) is 3.80. The third-order valence-electron chi connectivity index (χ3n) is 3.80. The zero-order valence-electron chi connectivity index (χ0n) is 11.1. The molecule has 1 aliphatic heterocycles. The normalized spacial score (nSPS) is 24.6. The highest BCUT2D eigenvalue weighted by Crippen LogP contribution is 2.32. The Bertz CT molecular complexity index is 367. The molecule has 0 spiro atoms. The van der Waals surface area contributed by atoms with Crippen LogP contribution in [0.25, 0.3) is 0 Å². The van der Waals surface area contributed by atoms with Crippen molar-refractivity contribution in [1.82, 2.24) is 5.32 Å². The fraction of sp³-hybridized carbons (Fsp3) is 0.600. The van der Waals surface area contributed by atoms with Gasteiger partial charge in [0.05, 0.1) is 7.11 Å². The summed E-state index contributed by atoms with van der Waals surface area (Å²) in [5.74, 6) is 1.65. The molecule has 2 atom stereocenters. The Balaban J connectivity index is 2.23. The molecule has 2 rings (SSSR count). The first kappa shape index (κ1) is 12.4. The van der Waals surface area contributed by atoms with Gasteiger partial charge in [0.2, 0.25) is 0 Å². The summed E-state index contributed by atoms with van der Waals surface area (Å²) in [6, 6.07) is 7.26. The minimum absolute atomic E-state index is 0.604. The van der Waals surface area contributed by atoms with E-state index in [1.807, 2.05) is 0 Å². The van der Waals surface area contributed by atoms with Gasteiger partial charge in [-0.1, -0.05) is 19.1 Å². The zero-order chi connectivity index (χ0) is 12.3. The SMILES string of the molecule is CCc1ccc(OC)c(C2CCC(C)NC2)c1. The Kier molecular flexibility index (Phi) is 4.06. The van der Waals surface area contributed by atoms with E-state index in [4.69, 9.17) is 4.74 Å². The average Bonchev–Trinajstić information content (AvgIpc) is 2.39. The third kappa shape index (κ3) is 2.81. The standard InChI is InChI=1S/C15H23NO/c1-4-12-6-8-15(17-3)14(9-12)13-7-5-11(2)16-10-13/h6,8-9,11,13,16H,4-5,7,10H2,1-3H3. The minimum atomic E-state index is 0.604. The molecule has 1 aromatic rings. The summed E-state index contributed by atoms with van der Waals surface area (Å²) in [6.07, 6.45) is 3.61. The van der Waals surface area contributed by atoms with Gasteiger partial charge in [0, 0.05) is 18.5 Å². The molecule has 0 aliphatic carbocycles. The maximum absolute atomic E-state index is 5.50. The van der Waals surface area contributed by atoms with E-state index < -0.39 is 0 Å². The van der Waals surface area contributed by atoms with Gasteiger partial charge < -0.3 is 10.1 Å². The van der Waals surface area contributed by atoms with Crippen molar-refractivity contribution in [2.75, 3.05) is 13.7 Å². The molecule has 0 amide bonds. The molecule has 1 aliphatic rings. The number of nitrogens with one attached hydrogen (secondary N) is 1. The lowest BCUT2D eigenvalue weighted by atomic mass is 9.87. The van der Waals surface area contributed by atoms with E-state index in [9.17, 15) is 0 Å². The van der Waals surface area contributed by atoms with E-state index in [0.717, 1.165) is 18.7 Å². The van der Waals surface area contributed by atoms with Crippen LogP contribution in [-0.2, 0) is 6.42 Å². The summed E-state index contributed by atoms with van der Waals surface area (Å²) in [5, 5.41) is 3.56. The molecule has 1 fully saturated rings. The van der Waals surface area contributed by atoms with Crippen LogP contribution in [0, 0.1) is 0 Å². The van der Waals surface area contributed by atoms with Crippen molar-refractivity contribution in [1.29, 1.82) is 0 Å². The van der Waals surface area contributed by atoms with Crippen LogP contribution >= 0.6 is 0 Å². The van der Waals surface area contributed by atoms with E-state index in [1.54, 1.807) is 7.11 Å². The Morgan fingerprint density at radius 2 is 2.18 bits per heavy atom. The molecule has 1 N–H and O–H groups in total. The maximum Gasteiger partial charge on any atom is 0.122 e.